The Morgan fingerprint density at radius 1 is 0.615 bits per heavy atom. The van der Waals surface area contributed by atoms with Gasteiger partial charge in [0.2, 0.25) is 0 Å². The average molecular weight is 803 g/mol. The molecular weight excluding hydrogens is 751 g/mol. The maximum absolute atomic E-state index is 3.85. The molecule has 0 aliphatic heterocycles. The van der Waals surface area contributed by atoms with Crippen molar-refractivity contribution in [2.45, 2.75) is 86.5 Å². The van der Waals surface area contributed by atoms with Gasteiger partial charge in [0.1, 0.15) is 0 Å². The zero-order chi connectivity index (χ0) is 36.1. The Kier molecular flexibility index (Phi) is 12.7. The topological polar surface area (TPSA) is 0 Å². The molecule has 0 nitrogen and oxygen atoms in total. The Morgan fingerprint density at radius 3 is 1.54 bits per heavy atom. The Morgan fingerprint density at radius 2 is 1.10 bits per heavy atom. The van der Waals surface area contributed by atoms with Crippen LogP contribution in [0.3, 0.4) is 0 Å². The zero-order valence-corrected chi connectivity index (χ0v) is 36.5. The molecule has 0 N–H and O–H groups in total. The van der Waals surface area contributed by atoms with Gasteiger partial charge >= 0.3 is 99.2 Å². The number of allylic oxidation sites excluding steroid dienone is 4. The number of hydrogen-bond acceptors (Lipinski definition) is 0. The summed E-state index contributed by atoms with van der Waals surface area (Å²) < 4.78 is 1.42. The van der Waals surface area contributed by atoms with Crippen LogP contribution < -0.4 is 24.8 Å². The fourth-order valence-corrected chi connectivity index (χ4v) is 8.46. The maximum Gasteiger partial charge on any atom is -0.172 e. The van der Waals surface area contributed by atoms with Crippen molar-refractivity contribution in [1.29, 1.82) is 0 Å². The predicted octanol–water partition coefficient (Wildman–Crippen LogP) is 6.72. The molecule has 52 heavy (non-hydrogen) atoms. The largest absolute Gasteiger partial charge is 0.214 e. The minimum atomic E-state index is -0.0202. The van der Waals surface area contributed by atoms with Gasteiger partial charge in [0, 0.05) is 5.41 Å². The van der Waals surface area contributed by atoms with Crippen molar-refractivity contribution in [3.05, 3.63) is 172 Å². The monoisotopic (exact) mass is 800 g/mol. The second-order valence-electron chi connectivity index (χ2n) is 17.3. The molecule has 3 aliphatic rings. The summed E-state index contributed by atoms with van der Waals surface area (Å²) in [5, 5.41) is 0. The smallest absolute Gasteiger partial charge is 0.172 e. The summed E-state index contributed by atoms with van der Waals surface area (Å²) >= 11 is 1.46. The molecule has 0 bridgehead atoms. The number of benzene rings is 4. The van der Waals surface area contributed by atoms with Crippen LogP contribution in [-0.4, -0.2) is 3.21 Å². The van der Waals surface area contributed by atoms with E-state index < -0.39 is 0 Å². The molecule has 0 heterocycles. The van der Waals surface area contributed by atoms with E-state index in [1.54, 1.807) is 0 Å². The van der Waals surface area contributed by atoms with Crippen molar-refractivity contribution in [2.24, 2.45) is 10.8 Å². The molecular formula is C49H52Cl2Zr-2. The maximum atomic E-state index is 3.85. The summed E-state index contributed by atoms with van der Waals surface area (Å²) in [7, 11) is 0. The van der Waals surface area contributed by atoms with Gasteiger partial charge in [0.05, 0.1) is 0 Å². The van der Waals surface area contributed by atoms with Gasteiger partial charge in [-0.05, 0) is 62.3 Å². The number of hydrogen-bond donors (Lipinski definition) is 0. The molecule has 268 valence electrons. The van der Waals surface area contributed by atoms with E-state index in [2.05, 4.69) is 166 Å². The first-order valence-electron chi connectivity index (χ1n) is 18.1. The van der Waals surface area contributed by atoms with E-state index in [0.717, 1.165) is 6.42 Å². The van der Waals surface area contributed by atoms with E-state index in [1.807, 2.05) is 30.3 Å². The van der Waals surface area contributed by atoms with Crippen molar-refractivity contribution in [3.63, 3.8) is 0 Å². The van der Waals surface area contributed by atoms with E-state index in [0.29, 0.717) is 0 Å². The van der Waals surface area contributed by atoms with E-state index in [4.69, 9.17) is 0 Å². The van der Waals surface area contributed by atoms with Crippen LogP contribution in [0.15, 0.2) is 121 Å². The Labute approximate surface area is 341 Å². The molecule has 0 spiro atoms. The fourth-order valence-electron chi connectivity index (χ4n) is 7.64. The minimum absolute atomic E-state index is 0. The van der Waals surface area contributed by atoms with E-state index in [9.17, 15) is 0 Å². The summed E-state index contributed by atoms with van der Waals surface area (Å²) in [5.74, 6) is 0. The predicted molar refractivity (Wildman–Crippen MR) is 212 cm³/mol. The summed E-state index contributed by atoms with van der Waals surface area (Å²) in [6.07, 6.45) is 7.41. The standard InChI is InChI=1S/C31H37.C13H10.C5H5.2ClH.Zr/c1-28(2,3)26-16-30(7,8)24-12-18-11-19-13-25-23(15-21(19)20(18)14-22(24)26)27(29(4,5)6)17-31(25,9)10;1-3-7-12(8-4-1)11-13-9-5-2-6-10-13;1-2-4-5-3-1;;;/h12-16H,11H2,1-10H3;1-10H;1-5H;2*1H;/q-1;;-1;;;+2/p-2. The quantitative estimate of drug-likeness (QED) is 0.171. The third kappa shape index (κ3) is 8.54. The zero-order valence-electron chi connectivity index (χ0n) is 32.5. The summed E-state index contributed by atoms with van der Waals surface area (Å²) in [6, 6.07) is 41.1. The van der Waals surface area contributed by atoms with Crippen molar-refractivity contribution >= 4 is 14.4 Å². The molecule has 5 aromatic rings. The van der Waals surface area contributed by atoms with Gasteiger partial charge in [-0.25, -0.2) is 17.7 Å². The van der Waals surface area contributed by atoms with Gasteiger partial charge in [-0.2, -0.15) is 23.8 Å². The normalized spacial score (nSPS) is 15.4. The van der Waals surface area contributed by atoms with E-state index in [1.165, 1.54) is 94.2 Å². The average Bonchev–Trinajstić information content (AvgIpc) is 3.86. The third-order valence-electron chi connectivity index (χ3n) is 10.3. The molecule has 0 saturated heterocycles. The van der Waals surface area contributed by atoms with Gasteiger partial charge in [0.15, 0.2) is 0 Å². The summed E-state index contributed by atoms with van der Waals surface area (Å²) in [4.78, 5) is 0. The van der Waals surface area contributed by atoms with Crippen molar-refractivity contribution in [1.82, 2.24) is 0 Å². The molecule has 3 aliphatic carbocycles. The van der Waals surface area contributed by atoms with Gasteiger partial charge in [-0.3, -0.25) is 6.08 Å². The molecule has 0 amide bonds. The van der Waals surface area contributed by atoms with Gasteiger partial charge in [-0.15, -0.1) is 11.6 Å². The van der Waals surface area contributed by atoms with Crippen LogP contribution in [-0.2, 0) is 41.5 Å². The van der Waals surface area contributed by atoms with Crippen molar-refractivity contribution in [2.75, 3.05) is 0 Å². The first-order chi connectivity index (χ1) is 23.5. The first-order valence-corrected chi connectivity index (χ1v) is 19.3. The second-order valence-corrected chi connectivity index (χ2v) is 18.5. The Bertz CT molecular complexity index is 1920. The minimum Gasteiger partial charge on any atom is -0.214 e. The molecule has 0 saturated carbocycles. The van der Waals surface area contributed by atoms with Crippen LogP contribution in [0.25, 0.3) is 22.3 Å². The van der Waals surface area contributed by atoms with Crippen LogP contribution in [0, 0.1) is 16.9 Å². The fraction of sp³-hybridized carbons (Fsp3) is 0.306. The molecule has 0 atom stereocenters. The van der Waals surface area contributed by atoms with E-state index in [-0.39, 0.29) is 46.5 Å². The number of rotatable bonds is 2. The molecule has 5 aromatic carbocycles. The van der Waals surface area contributed by atoms with Crippen LogP contribution in [0.5, 0.6) is 0 Å². The first kappa shape index (κ1) is 41.8. The van der Waals surface area contributed by atoms with Crippen LogP contribution in [0.1, 0.15) is 114 Å². The second kappa shape index (κ2) is 15.8. The molecule has 0 unspecified atom stereocenters. The van der Waals surface area contributed by atoms with Crippen LogP contribution in [0.2, 0.25) is 0 Å². The number of fused-ring (bicyclic) bond motifs is 5. The van der Waals surface area contributed by atoms with Gasteiger partial charge in [-0.1, -0.05) is 92.9 Å². The molecule has 0 aromatic heterocycles. The third-order valence-corrected chi connectivity index (χ3v) is 11.7. The Balaban J connectivity index is 0.000000238. The van der Waals surface area contributed by atoms with Crippen LogP contribution in [0.4, 0.5) is 0 Å². The molecule has 0 radical (unpaired) electrons. The van der Waals surface area contributed by atoms with E-state index >= 15 is 0 Å². The summed E-state index contributed by atoms with van der Waals surface area (Å²) in [6.45, 7) is 23.3. The van der Waals surface area contributed by atoms with Crippen molar-refractivity contribution < 1.29 is 49.0 Å². The van der Waals surface area contributed by atoms with Crippen LogP contribution >= 0.6 is 0 Å². The molecule has 8 rings (SSSR count). The SMILES string of the molecule is CC(C)(C)C1=[C-]C(C)(C)c2cc3c(cc21)-c1cc2c(cc1C3)C(C)(C)C=C2C(C)(C)C.[Cl-].[Cl-].[Zr+2]=[C](c1ccccc1)c1ccccc1.c1cc[cH-]c1. The van der Waals surface area contributed by atoms with Crippen molar-refractivity contribution in [3.8, 4) is 11.1 Å². The Hall–Kier alpha value is -2.96. The molecule has 3 heteroatoms. The van der Waals surface area contributed by atoms with Gasteiger partial charge in [0.25, 0.3) is 0 Å². The molecule has 0 fully saturated rings. The summed E-state index contributed by atoms with van der Waals surface area (Å²) in [5.41, 5.74) is 17.6. The number of halogens is 2. The van der Waals surface area contributed by atoms with Gasteiger partial charge < -0.3 is 24.8 Å².